The van der Waals surface area contributed by atoms with Crippen LogP contribution in [0, 0.1) is 23.7 Å². The third-order valence-electron chi connectivity index (χ3n) is 12.1. The molecule has 3 aromatic rings. The van der Waals surface area contributed by atoms with E-state index in [1.54, 1.807) is 6.08 Å². The van der Waals surface area contributed by atoms with E-state index in [1.807, 2.05) is 0 Å². The first-order valence-electron chi connectivity index (χ1n) is 18.2. The Bertz CT molecular complexity index is 2210. The predicted octanol–water partition coefficient (Wildman–Crippen LogP) is 8.33. The second-order valence-electron chi connectivity index (χ2n) is 15.0. The second-order valence-corrected chi connectivity index (χ2v) is 15.9. The number of likely N-dealkylation sites (tertiary alicyclic amines) is 1. The van der Waals surface area contributed by atoms with Crippen molar-refractivity contribution in [1.82, 2.24) is 14.9 Å². The van der Waals surface area contributed by atoms with Crippen LogP contribution in [-0.4, -0.2) is 56.0 Å². The fourth-order valence-corrected chi connectivity index (χ4v) is 10.1. The van der Waals surface area contributed by atoms with Crippen LogP contribution in [0.25, 0.3) is 0 Å². The van der Waals surface area contributed by atoms with Crippen molar-refractivity contribution < 1.29 is 55.4 Å². The van der Waals surface area contributed by atoms with E-state index in [2.05, 4.69) is 15.1 Å². The predicted molar refractivity (Wildman–Crippen MR) is 190 cm³/mol. The number of fused-ring (bicyclic) bond motifs is 4. The number of phenols is 1. The van der Waals surface area contributed by atoms with E-state index in [9.17, 15) is 45.8 Å². The fourth-order valence-electron chi connectivity index (χ4n) is 9.81. The number of aromatic nitrogens is 1. The molecule has 4 fully saturated rings. The number of aromatic hydroxyl groups is 1. The van der Waals surface area contributed by atoms with Gasteiger partial charge in [0.25, 0.3) is 11.8 Å². The topological polar surface area (TPSA) is 129 Å². The molecule has 10 nitrogen and oxygen atoms in total. The third kappa shape index (κ3) is 6.39. The maximum Gasteiger partial charge on any atom is 0.573 e. The molecule has 5 aliphatic rings. The second kappa shape index (κ2) is 13.9. The van der Waals surface area contributed by atoms with Gasteiger partial charge in [0.15, 0.2) is 5.82 Å². The molecule has 4 amide bonds. The normalized spacial score (nSPS) is 27.9. The fraction of sp³-hybridized carbons (Fsp3) is 0.410. The summed E-state index contributed by atoms with van der Waals surface area (Å²) in [6.07, 6.45) is -4.20. The number of halogens is 8. The largest absolute Gasteiger partial charge is 0.573 e. The van der Waals surface area contributed by atoms with E-state index >= 15 is 4.79 Å². The first kappa shape index (κ1) is 39.0. The summed E-state index contributed by atoms with van der Waals surface area (Å²) in [5, 5.41) is 11.7. The molecule has 2 aromatic carbocycles. The van der Waals surface area contributed by atoms with Gasteiger partial charge in [-0.15, -0.1) is 13.2 Å². The zero-order chi connectivity index (χ0) is 40.8. The van der Waals surface area contributed by atoms with Crippen LogP contribution in [0.4, 0.5) is 32.2 Å². The van der Waals surface area contributed by atoms with Crippen molar-refractivity contribution in [2.45, 2.75) is 74.9 Å². The van der Waals surface area contributed by atoms with Gasteiger partial charge in [0.05, 0.1) is 33.8 Å². The number of ether oxygens (including phenoxy) is 1. The third-order valence-corrected chi connectivity index (χ3v) is 12.6. The average molecular weight is 838 g/mol. The number of nitrogens with one attached hydrogen (secondary N) is 1. The van der Waals surface area contributed by atoms with Gasteiger partial charge in [-0.2, -0.15) is 18.2 Å². The van der Waals surface area contributed by atoms with Gasteiger partial charge < -0.3 is 9.84 Å². The number of anilines is 1. The summed E-state index contributed by atoms with van der Waals surface area (Å²) in [7, 11) is 0. The van der Waals surface area contributed by atoms with E-state index in [-0.39, 0.29) is 40.9 Å². The number of amides is 4. The van der Waals surface area contributed by atoms with Gasteiger partial charge in [-0.3, -0.25) is 29.5 Å². The van der Waals surface area contributed by atoms with E-state index in [0.717, 1.165) is 37.5 Å². The molecular formula is C39H32Cl2F6N4O6. The van der Waals surface area contributed by atoms with Crippen LogP contribution in [0.1, 0.15) is 67.6 Å². The molecule has 0 bridgehead atoms. The molecule has 8 rings (SSSR count). The lowest BCUT2D eigenvalue weighted by molar-refractivity contribution is -0.274. The number of phenolic OH excluding ortho intramolecular Hbond substituents is 1. The summed E-state index contributed by atoms with van der Waals surface area (Å²) in [6.45, 7) is 0. The average Bonchev–Trinajstić information content (AvgIpc) is 3.53. The zero-order valence-electron chi connectivity index (χ0n) is 29.5. The molecule has 300 valence electrons. The summed E-state index contributed by atoms with van der Waals surface area (Å²) in [5.74, 6) is -10.2. The van der Waals surface area contributed by atoms with Gasteiger partial charge in [-0.05, 0) is 73.6 Å². The quantitative estimate of drug-likeness (QED) is 0.144. The van der Waals surface area contributed by atoms with E-state index in [1.165, 1.54) is 29.2 Å². The summed E-state index contributed by atoms with van der Waals surface area (Å²) >= 11 is 12.5. The lowest BCUT2D eigenvalue weighted by atomic mass is 9.49. The Kier molecular flexibility index (Phi) is 9.53. The Morgan fingerprint density at radius 2 is 1.58 bits per heavy atom. The van der Waals surface area contributed by atoms with Crippen molar-refractivity contribution >= 4 is 52.6 Å². The molecule has 2 saturated heterocycles. The highest BCUT2D eigenvalue weighted by atomic mass is 35.5. The summed E-state index contributed by atoms with van der Waals surface area (Å²) in [5.41, 5.74) is -0.576. The molecule has 2 saturated carbocycles. The Balaban J connectivity index is 1.32. The zero-order valence-corrected chi connectivity index (χ0v) is 31.1. The number of allylic oxidation sites excluding steroid dienone is 2. The lowest BCUT2D eigenvalue weighted by Gasteiger charge is -2.50. The van der Waals surface area contributed by atoms with E-state index in [0.29, 0.717) is 35.7 Å². The van der Waals surface area contributed by atoms with Crippen molar-refractivity contribution in [3.05, 3.63) is 93.1 Å². The van der Waals surface area contributed by atoms with Gasteiger partial charge in [-0.1, -0.05) is 66.2 Å². The van der Waals surface area contributed by atoms with Crippen LogP contribution in [-0.2, 0) is 30.8 Å². The molecule has 2 aliphatic heterocycles. The minimum atomic E-state index is -5.16. The number of pyridine rings is 1. The van der Waals surface area contributed by atoms with Crippen LogP contribution >= 0.6 is 23.2 Å². The number of alkyl halides is 6. The Morgan fingerprint density at radius 3 is 2.23 bits per heavy atom. The molecule has 18 heteroatoms. The van der Waals surface area contributed by atoms with Crippen molar-refractivity contribution in [2.24, 2.45) is 23.7 Å². The van der Waals surface area contributed by atoms with E-state index in [4.69, 9.17) is 23.2 Å². The smallest absolute Gasteiger partial charge is 0.508 e. The number of carbonyl (C=O) groups excluding carboxylic acids is 4. The molecule has 0 spiro atoms. The van der Waals surface area contributed by atoms with Crippen LogP contribution < -0.4 is 10.2 Å². The Labute approximate surface area is 330 Å². The van der Waals surface area contributed by atoms with Crippen LogP contribution in [0.2, 0.25) is 10.0 Å². The standard InChI is InChI=1S/C39H32Cl2F6N4O6/c40-20-8-6-18(7-9-20)37-27(34(54)51(36(37)56)49-32-28(41)14-19(17-48-32)38(42,43)44)16-25-23(31(37)26-15-22(10-13-29(26)52)57-39(45,46)47)11-12-24-30(25)35(55)50(33(24)53)21-4-2-1-3-5-21/h6-11,13-15,17,21,24-25,27,30-31,52H,1-5,12,16H2,(H,48,49)/t24-,25+,27-,30-,31+,37+/m0/s1. The number of hydrazine groups is 1. The molecule has 1 aromatic heterocycles. The monoisotopic (exact) mass is 836 g/mol. The molecule has 57 heavy (non-hydrogen) atoms. The van der Waals surface area contributed by atoms with Gasteiger partial charge in [0, 0.05) is 28.7 Å². The molecule has 0 unspecified atom stereocenters. The number of rotatable bonds is 6. The highest BCUT2D eigenvalue weighted by molar-refractivity contribution is 6.33. The first-order chi connectivity index (χ1) is 26.9. The Hall–Kier alpha value is -4.83. The SMILES string of the molecule is O=C1[C@@H]2C[C@@H]3C(=CC[C@@H]4C(=O)N(C5CCCCC5)C(=O)[C@@H]43)[C@H](c3cc(OC(F)(F)F)ccc3O)[C@]2(c2ccc(Cl)cc2)C(=O)N1Nc1ncc(C(F)(F)F)cc1Cl. The van der Waals surface area contributed by atoms with Crippen LogP contribution in [0.5, 0.6) is 11.5 Å². The van der Waals surface area contributed by atoms with Gasteiger partial charge in [0.1, 0.15) is 11.5 Å². The van der Waals surface area contributed by atoms with Crippen LogP contribution in [0.3, 0.4) is 0 Å². The number of hydrogen-bond acceptors (Lipinski definition) is 8. The highest BCUT2D eigenvalue weighted by Crippen LogP contribution is 2.65. The molecule has 2 N–H and O–H groups in total. The maximum absolute atomic E-state index is 15.3. The molecule has 3 aliphatic carbocycles. The highest BCUT2D eigenvalue weighted by Gasteiger charge is 2.71. The molecule has 3 heterocycles. The molecular weight excluding hydrogens is 805 g/mol. The summed E-state index contributed by atoms with van der Waals surface area (Å²) in [4.78, 5) is 63.7. The number of carbonyl (C=O) groups is 4. The van der Waals surface area contributed by atoms with Crippen molar-refractivity contribution in [2.75, 3.05) is 5.43 Å². The molecule has 0 radical (unpaired) electrons. The number of nitrogens with zero attached hydrogens (tertiary/aromatic N) is 3. The van der Waals surface area contributed by atoms with Gasteiger partial charge in [0.2, 0.25) is 11.8 Å². The summed E-state index contributed by atoms with van der Waals surface area (Å²) < 4.78 is 85.5. The number of benzene rings is 2. The van der Waals surface area contributed by atoms with Crippen molar-refractivity contribution in [3.63, 3.8) is 0 Å². The number of imide groups is 2. The van der Waals surface area contributed by atoms with Gasteiger partial charge in [-0.25, -0.2) is 4.98 Å². The van der Waals surface area contributed by atoms with Crippen LogP contribution in [0.15, 0.2) is 66.4 Å². The summed E-state index contributed by atoms with van der Waals surface area (Å²) in [6, 6.07) is 8.74. The first-order valence-corrected chi connectivity index (χ1v) is 19.0. The Morgan fingerprint density at radius 1 is 0.877 bits per heavy atom. The lowest BCUT2D eigenvalue weighted by Crippen LogP contribution is -2.53. The number of hydrogen-bond donors (Lipinski definition) is 2. The van der Waals surface area contributed by atoms with Crippen molar-refractivity contribution in [3.8, 4) is 11.5 Å². The van der Waals surface area contributed by atoms with Crippen molar-refractivity contribution in [1.29, 1.82) is 0 Å². The minimum absolute atomic E-state index is 0.0246. The van der Waals surface area contributed by atoms with E-state index < -0.39 is 93.2 Å². The maximum atomic E-state index is 15.3. The molecule has 6 atom stereocenters. The minimum Gasteiger partial charge on any atom is -0.508 e. The van der Waals surface area contributed by atoms with Gasteiger partial charge >= 0.3 is 12.5 Å².